The van der Waals surface area contributed by atoms with Crippen molar-refractivity contribution >= 4 is 39.0 Å². The highest BCUT2D eigenvalue weighted by atomic mass is 35.5. The van der Waals surface area contributed by atoms with Gasteiger partial charge < -0.3 is 10.1 Å². The Kier molecular flexibility index (Phi) is 7.22. The van der Waals surface area contributed by atoms with Crippen LogP contribution in [0.4, 0.5) is 5.69 Å². The van der Waals surface area contributed by atoms with E-state index < -0.39 is 26.9 Å². The first-order chi connectivity index (χ1) is 15.2. The monoisotopic (exact) mass is 473 g/mol. The third-order valence-electron chi connectivity index (χ3n) is 4.48. The molecule has 166 valence electrons. The van der Waals surface area contributed by atoms with Gasteiger partial charge in [-0.3, -0.25) is 4.79 Å². The standard InChI is InChI=1S/C22H20ClN3O5S/c1-3-31-21(28)15-8-10-17(11-9-15)25-20(27)19-18(23)12-24-22(26-19)32(29,30)13-16-7-5-4-6-14(16)2/h4-12H,3,13H2,1-2H3,(H,25,27). The average molecular weight is 474 g/mol. The van der Waals surface area contributed by atoms with E-state index >= 15 is 0 Å². The molecule has 2 aromatic carbocycles. The molecule has 0 spiro atoms. The number of halogens is 1. The second-order valence-electron chi connectivity index (χ2n) is 6.79. The number of aryl methyl sites for hydroxylation is 1. The van der Waals surface area contributed by atoms with Crippen LogP contribution in [-0.4, -0.2) is 36.9 Å². The topological polar surface area (TPSA) is 115 Å². The van der Waals surface area contributed by atoms with Crippen LogP contribution in [-0.2, 0) is 20.3 Å². The number of ether oxygens (including phenoxy) is 1. The second kappa shape index (κ2) is 9.88. The van der Waals surface area contributed by atoms with Gasteiger partial charge in [0.05, 0.1) is 29.1 Å². The van der Waals surface area contributed by atoms with Crippen LogP contribution >= 0.6 is 11.6 Å². The van der Waals surface area contributed by atoms with Gasteiger partial charge in [0.2, 0.25) is 15.0 Å². The first kappa shape index (κ1) is 23.4. The number of esters is 1. The number of nitrogens with zero attached hydrogens (tertiary/aromatic N) is 2. The number of sulfone groups is 1. The number of aromatic nitrogens is 2. The van der Waals surface area contributed by atoms with Gasteiger partial charge in [0.1, 0.15) is 0 Å². The normalized spacial score (nSPS) is 11.1. The van der Waals surface area contributed by atoms with Gasteiger partial charge in [-0.25, -0.2) is 23.2 Å². The molecule has 8 nitrogen and oxygen atoms in total. The molecular weight excluding hydrogens is 454 g/mol. The summed E-state index contributed by atoms with van der Waals surface area (Å²) in [6.07, 6.45) is 1.08. The summed E-state index contributed by atoms with van der Waals surface area (Å²) in [5.74, 6) is -1.50. The lowest BCUT2D eigenvalue weighted by Crippen LogP contribution is -2.18. The van der Waals surface area contributed by atoms with E-state index in [1.165, 1.54) is 24.3 Å². The van der Waals surface area contributed by atoms with Gasteiger partial charge in [-0.2, -0.15) is 0 Å². The highest BCUT2D eigenvalue weighted by Crippen LogP contribution is 2.20. The zero-order valence-corrected chi connectivity index (χ0v) is 18.9. The fourth-order valence-electron chi connectivity index (χ4n) is 2.80. The maximum absolute atomic E-state index is 12.8. The van der Waals surface area contributed by atoms with Gasteiger partial charge >= 0.3 is 5.97 Å². The molecule has 1 N–H and O–H groups in total. The predicted octanol–water partition coefficient (Wildman–Crippen LogP) is 3.84. The molecule has 0 atom stereocenters. The Balaban J connectivity index is 1.81. The predicted molar refractivity (Wildman–Crippen MR) is 119 cm³/mol. The Morgan fingerprint density at radius 3 is 2.44 bits per heavy atom. The van der Waals surface area contributed by atoms with Crippen molar-refractivity contribution in [2.75, 3.05) is 11.9 Å². The quantitative estimate of drug-likeness (QED) is 0.409. The van der Waals surface area contributed by atoms with E-state index in [1.54, 1.807) is 32.0 Å². The molecule has 1 heterocycles. The molecule has 0 saturated carbocycles. The fourth-order valence-corrected chi connectivity index (χ4v) is 4.28. The van der Waals surface area contributed by atoms with Crippen LogP contribution in [0.15, 0.2) is 59.9 Å². The summed E-state index contributed by atoms with van der Waals surface area (Å²) in [4.78, 5) is 32.1. The molecule has 0 radical (unpaired) electrons. The fraction of sp³-hybridized carbons (Fsp3) is 0.182. The molecule has 0 bridgehead atoms. The number of nitrogens with one attached hydrogen (secondary N) is 1. The molecule has 3 aromatic rings. The van der Waals surface area contributed by atoms with E-state index in [9.17, 15) is 18.0 Å². The minimum atomic E-state index is -3.91. The molecule has 1 amide bonds. The van der Waals surface area contributed by atoms with Crippen LogP contribution in [0.1, 0.15) is 38.9 Å². The molecule has 0 fully saturated rings. The molecule has 0 unspecified atom stereocenters. The lowest BCUT2D eigenvalue weighted by atomic mass is 10.1. The first-order valence-electron chi connectivity index (χ1n) is 9.59. The van der Waals surface area contributed by atoms with Crippen molar-refractivity contribution in [3.8, 4) is 0 Å². The molecule has 0 aliphatic carbocycles. The summed E-state index contributed by atoms with van der Waals surface area (Å²) < 4.78 is 30.5. The van der Waals surface area contributed by atoms with Crippen molar-refractivity contribution in [1.29, 1.82) is 0 Å². The van der Waals surface area contributed by atoms with Crippen molar-refractivity contribution in [2.45, 2.75) is 24.8 Å². The highest BCUT2D eigenvalue weighted by molar-refractivity contribution is 7.90. The van der Waals surface area contributed by atoms with E-state index in [2.05, 4.69) is 15.3 Å². The van der Waals surface area contributed by atoms with Crippen molar-refractivity contribution < 1.29 is 22.7 Å². The summed E-state index contributed by atoms with van der Waals surface area (Å²) in [7, 11) is -3.91. The van der Waals surface area contributed by atoms with Crippen LogP contribution in [0.2, 0.25) is 5.02 Å². The molecular formula is C22H20ClN3O5S. The number of amides is 1. The maximum Gasteiger partial charge on any atom is 0.338 e. The van der Waals surface area contributed by atoms with E-state index in [0.29, 0.717) is 16.8 Å². The van der Waals surface area contributed by atoms with Crippen molar-refractivity contribution in [2.24, 2.45) is 0 Å². The lowest BCUT2D eigenvalue weighted by Gasteiger charge is -2.09. The molecule has 10 heteroatoms. The summed E-state index contributed by atoms with van der Waals surface area (Å²) in [6, 6.07) is 13.1. The van der Waals surface area contributed by atoms with Crippen LogP contribution in [0.3, 0.4) is 0 Å². The largest absolute Gasteiger partial charge is 0.462 e. The molecule has 1 aromatic heterocycles. The Morgan fingerprint density at radius 2 is 1.78 bits per heavy atom. The number of carbonyl (C=O) groups is 2. The molecule has 0 saturated heterocycles. The number of benzene rings is 2. The Hall–Kier alpha value is -3.30. The van der Waals surface area contributed by atoms with Crippen molar-refractivity contribution in [3.63, 3.8) is 0 Å². The number of hydrogen-bond donors (Lipinski definition) is 1. The number of rotatable bonds is 7. The van der Waals surface area contributed by atoms with Gasteiger partial charge in [-0.15, -0.1) is 0 Å². The zero-order valence-electron chi connectivity index (χ0n) is 17.3. The number of anilines is 1. The average Bonchev–Trinajstić information content (AvgIpc) is 2.76. The number of carbonyl (C=O) groups excluding carboxylic acids is 2. The summed E-state index contributed by atoms with van der Waals surface area (Å²) in [5.41, 5.74) is 1.84. The third kappa shape index (κ3) is 5.49. The van der Waals surface area contributed by atoms with Gasteiger partial charge in [0.25, 0.3) is 5.91 Å². The second-order valence-corrected chi connectivity index (χ2v) is 9.08. The molecule has 32 heavy (non-hydrogen) atoms. The zero-order chi connectivity index (χ0) is 23.3. The van der Waals surface area contributed by atoms with Gasteiger partial charge in [0, 0.05) is 5.69 Å². The smallest absolute Gasteiger partial charge is 0.338 e. The first-order valence-corrected chi connectivity index (χ1v) is 11.6. The summed E-state index contributed by atoms with van der Waals surface area (Å²) >= 11 is 6.05. The lowest BCUT2D eigenvalue weighted by molar-refractivity contribution is 0.0526. The number of hydrogen-bond acceptors (Lipinski definition) is 7. The van der Waals surface area contributed by atoms with Crippen LogP contribution in [0, 0.1) is 6.92 Å². The van der Waals surface area contributed by atoms with E-state index in [4.69, 9.17) is 16.3 Å². The van der Waals surface area contributed by atoms with Gasteiger partial charge in [0.15, 0.2) is 5.69 Å². The summed E-state index contributed by atoms with van der Waals surface area (Å²) in [6.45, 7) is 3.76. The summed E-state index contributed by atoms with van der Waals surface area (Å²) in [5, 5.41) is 1.98. The van der Waals surface area contributed by atoms with E-state index in [-0.39, 0.29) is 23.1 Å². The Labute approximate surface area is 190 Å². The molecule has 0 aliphatic rings. The van der Waals surface area contributed by atoms with Crippen LogP contribution in [0.25, 0.3) is 0 Å². The minimum absolute atomic E-state index is 0.0968. The van der Waals surface area contributed by atoms with Gasteiger partial charge in [-0.05, 0) is 49.2 Å². The highest BCUT2D eigenvalue weighted by Gasteiger charge is 2.23. The minimum Gasteiger partial charge on any atom is -0.462 e. The third-order valence-corrected chi connectivity index (χ3v) is 6.20. The maximum atomic E-state index is 12.8. The van der Waals surface area contributed by atoms with Gasteiger partial charge in [-0.1, -0.05) is 35.9 Å². The Morgan fingerprint density at radius 1 is 1.09 bits per heavy atom. The molecule has 3 rings (SSSR count). The van der Waals surface area contributed by atoms with Crippen molar-refractivity contribution in [3.05, 3.63) is 82.1 Å². The van der Waals surface area contributed by atoms with Crippen molar-refractivity contribution in [1.82, 2.24) is 9.97 Å². The molecule has 0 aliphatic heterocycles. The van der Waals surface area contributed by atoms with Crippen LogP contribution < -0.4 is 5.32 Å². The Bertz CT molecular complexity index is 1260. The SMILES string of the molecule is CCOC(=O)c1ccc(NC(=O)c2nc(S(=O)(=O)Cc3ccccc3C)ncc2Cl)cc1. The van der Waals surface area contributed by atoms with E-state index in [0.717, 1.165) is 11.8 Å². The van der Waals surface area contributed by atoms with E-state index in [1.807, 2.05) is 6.07 Å². The van der Waals surface area contributed by atoms with Crippen LogP contribution in [0.5, 0.6) is 0 Å².